The summed E-state index contributed by atoms with van der Waals surface area (Å²) in [6.45, 7) is 23.8. The van der Waals surface area contributed by atoms with Gasteiger partial charge in [0.2, 0.25) is 0 Å². The zero-order valence-electron chi connectivity index (χ0n) is 29.1. The van der Waals surface area contributed by atoms with E-state index in [1.807, 2.05) is 6.92 Å². The Balaban J connectivity index is 1.43. The summed E-state index contributed by atoms with van der Waals surface area (Å²) in [7, 11) is 0. The first-order valence-corrected chi connectivity index (χ1v) is 17.6. The SMILES string of the molecule is C=C(C)[C@@H]1CC[C@]2(C(=O)O)CC[C@]3(C)C(CCC4[C@@]5(C)CC[C@H](OC(=O)C(CC)C(C)(C)C(=O)O)C(C)(C)C5CC[C@]43C)C12. The van der Waals surface area contributed by atoms with Crippen LogP contribution in [0.5, 0.6) is 0 Å². The monoisotopic (exact) mass is 612 g/mol. The van der Waals surface area contributed by atoms with Crippen molar-refractivity contribution in [2.75, 3.05) is 0 Å². The van der Waals surface area contributed by atoms with E-state index in [1.165, 1.54) is 0 Å². The van der Waals surface area contributed by atoms with E-state index in [1.54, 1.807) is 13.8 Å². The number of hydrogen-bond donors (Lipinski definition) is 2. The predicted molar refractivity (Wildman–Crippen MR) is 172 cm³/mol. The lowest BCUT2D eigenvalue weighted by Crippen LogP contribution is -2.67. The Morgan fingerprint density at radius 3 is 2.09 bits per heavy atom. The molecule has 0 amide bonds. The summed E-state index contributed by atoms with van der Waals surface area (Å²) in [5, 5.41) is 20.5. The standard InChI is InChI=1S/C38H60O6/c1-11-24(33(4,5)31(40)41)30(39)44-28-16-17-35(8)26(34(28,6)7)15-18-37(10)27(35)13-12-25-29-23(22(2)3)14-19-38(29,32(42)43)21-20-36(25,37)9/h23-29H,2,11-21H2,1,3-10H3,(H,40,41)(H,42,43)/t23-,24?,25?,26?,27?,28-,29?,35-,36+,37+,38-/m0/s1. The van der Waals surface area contributed by atoms with Crippen LogP contribution in [0.25, 0.3) is 0 Å². The first kappa shape index (κ1) is 33.5. The number of rotatable bonds is 7. The van der Waals surface area contributed by atoms with Gasteiger partial charge in [0.1, 0.15) is 6.10 Å². The first-order chi connectivity index (χ1) is 20.3. The fourth-order valence-electron chi connectivity index (χ4n) is 13.0. The summed E-state index contributed by atoms with van der Waals surface area (Å²) in [6, 6.07) is 0. The quantitative estimate of drug-likeness (QED) is 0.220. The smallest absolute Gasteiger partial charge is 0.310 e. The van der Waals surface area contributed by atoms with Gasteiger partial charge in [0, 0.05) is 5.41 Å². The van der Waals surface area contributed by atoms with E-state index in [9.17, 15) is 24.6 Å². The number of ether oxygens (including phenoxy) is 1. The minimum absolute atomic E-state index is 0.0791. The second-order valence-corrected chi connectivity index (χ2v) is 17.9. The molecule has 0 heterocycles. The average molecular weight is 613 g/mol. The Kier molecular flexibility index (Phi) is 8.06. The highest BCUT2D eigenvalue weighted by Crippen LogP contribution is 2.77. The fraction of sp³-hybridized carbons (Fsp3) is 0.868. The molecule has 0 aromatic heterocycles. The number of carbonyl (C=O) groups excluding carboxylic acids is 1. The molecule has 5 aliphatic carbocycles. The summed E-state index contributed by atoms with van der Waals surface area (Å²) < 4.78 is 6.31. The molecule has 6 heteroatoms. The highest BCUT2D eigenvalue weighted by atomic mass is 16.5. The van der Waals surface area contributed by atoms with Crippen LogP contribution >= 0.6 is 0 Å². The molecule has 2 N–H and O–H groups in total. The highest BCUT2D eigenvalue weighted by molar-refractivity contribution is 5.83. The third-order valence-electron chi connectivity index (χ3n) is 15.8. The van der Waals surface area contributed by atoms with Crippen LogP contribution in [-0.4, -0.2) is 34.2 Å². The number of allylic oxidation sites excluding steroid dienone is 1. The molecule has 5 rings (SSSR count). The molecule has 0 aromatic carbocycles. The van der Waals surface area contributed by atoms with E-state index >= 15 is 0 Å². The van der Waals surface area contributed by atoms with E-state index in [0.29, 0.717) is 30.1 Å². The van der Waals surface area contributed by atoms with Crippen LogP contribution in [-0.2, 0) is 19.1 Å². The Labute approximate surface area is 266 Å². The van der Waals surface area contributed by atoms with Crippen LogP contribution in [0.1, 0.15) is 133 Å². The molecule has 0 saturated heterocycles. The molecule has 6 nitrogen and oxygen atoms in total. The molecular formula is C38H60O6. The Bertz CT molecular complexity index is 1220. The van der Waals surface area contributed by atoms with E-state index < -0.39 is 28.7 Å². The van der Waals surface area contributed by atoms with Crippen LogP contribution in [0, 0.1) is 68.0 Å². The number of carbonyl (C=O) groups is 3. The highest BCUT2D eigenvalue weighted by Gasteiger charge is 2.72. The number of carboxylic acid groups (broad SMARTS) is 2. The second-order valence-electron chi connectivity index (χ2n) is 17.9. The van der Waals surface area contributed by atoms with E-state index in [-0.39, 0.29) is 39.7 Å². The van der Waals surface area contributed by atoms with Crippen molar-refractivity contribution >= 4 is 17.9 Å². The summed E-state index contributed by atoms with van der Waals surface area (Å²) in [5.41, 5.74) is -0.550. The Hall–Kier alpha value is -1.85. The van der Waals surface area contributed by atoms with Gasteiger partial charge in [0.25, 0.3) is 0 Å². The van der Waals surface area contributed by atoms with Gasteiger partial charge >= 0.3 is 17.9 Å². The van der Waals surface area contributed by atoms with Crippen molar-refractivity contribution in [1.29, 1.82) is 0 Å². The summed E-state index contributed by atoms with van der Waals surface area (Å²) in [4.78, 5) is 38.4. The molecule has 0 bridgehead atoms. The summed E-state index contributed by atoms with van der Waals surface area (Å²) in [5.74, 6) is -0.818. The Morgan fingerprint density at radius 1 is 0.864 bits per heavy atom. The van der Waals surface area contributed by atoms with Gasteiger partial charge in [-0.1, -0.05) is 53.7 Å². The summed E-state index contributed by atoms with van der Waals surface area (Å²) >= 11 is 0. The van der Waals surface area contributed by atoms with Crippen LogP contribution in [0.4, 0.5) is 0 Å². The van der Waals surface area contributed by atoms with Gasteiger partial charge in [0.05, 0.1) is 16.7 Å². The van der Waals surface area contributed by atoms with Gasteiger partial charge < -0.3 is 14.9 Å². The minimum atomic E-state index is -1.18. The molecule has 0 radical (unpaired) electrons. The first-order valence-electron chi connectivity index (χ1n) is 17.6. The number of carboxylic acids is 2. The third-order valence-corrected chi connectivity index (χ3v) is 15.8. The second kappa shape index (κ2) is 10.6. The maximum atomic E-state index is 13.5. The molecule has 0 aromatic rings. The van der Waals surface area contributed by atoms with Crippen LogP contribution in [0.2, 0.25) is 0 Å². The van der Waals surface area contributed by atoms with Crippen molar-refractivity contribution in [1.82, 2.24) is 0 Å². The minimum Gasteiger partial charge on any atom is -0.481 e. The summed E-state index contributed by atoms with van der Waals surface area (Å²) in [6.07, 6.45) is 9.90. The molecule has 11 atom stereocenters. The van der Waals surface area contributed by atoms with E-state index in [2.05, 4.69) is 48.1 Å². The molecule has 248 valence electrons. The van der Waals surface area contributed by atoms with Crippen molar-refractivity contribution in [2.24, 2.45) is 68.0 Å². The zero-order chi connectivity index (χ0) is 32.8. The number of fused-ring (bicyclic) bond motifs is 7. The van der Waals surface area contributed by atoms with E-state index in [4.69, 9.17) is 4.74 Å². The molecule has 5 unspecified atom stereocenters. The molecule has 0 aliphatic heterocycles. The van der Waals surface area contributed by atoms with Crippen LogP contribution in [0.15, 0.2) is 12.2 Å². The van der Waals surface area contributed by atoms with Gasteiger partial charge in [-0.2, -0.15) is 0 Å². The van der Waals surface area contributed by atoms with Gasteiger partial charge in [-0.3, -0.25) is 14.4 Å². The van der Waals surface area contributed by atoms with Gasteiger partial charge in [0.15, 0.2) is 0 Å². The molecule has 44 heavy (non-hydrogen) atoms. The van der Waals surface area contributed by atoms with Crippen molar-refractivity contribution in [3.05, 3.63) is 12.2 Å². The molecular weight excluding hydrogens is 552 g/mol. The van der Waals surface area contributed by atoms with Crippen LogP contribution in [0.3, 0.4) is 0 Å². The van der Waals surface area contributed by atoms with Gasteiger partial charge in [-0.05, 0) is 137 Å². The molecule has 5 aliphatic rings. The van der Waals surface area contributed by atoms with Gasteiger partial charge in [-0.15, -0.1) is 0 Å². The lowest BCUT2D eigenvalue weighted by Gasteiger charge is -2.72. The van der Waals surface area contributed by atoms with E-state index in [0.717, 1.165) is 69.8 Å². The molecule has 5 fully saturated rings. The molecule has 5 saturated carbocycles. The van der Waals surface area contributed by atoms with Crippen molar-refractivity contribution in [3.63, 3.8) is 0 Å². The zero-order valence-corrected chi connectivity index (χ0v) is 29.1. The maximum Gasteiger partial charge on any atom is 0.310 e. The largest absolute Gasteiger partial charge is 0.481 e. The topological polar surface area (TPSA) is 101 Å². The average Bonchev–Trinajstić information content (AvgIpc) is 3.32. The van der Waals surface area contributed by atoms with Crippen molar-refractivity contribution in [3.8, 4) is 0 Å². The fourth-order valence-corrected chi connectivity index (χ4v) is 13.0. The molecule has 0 spiro atoms. The number of aliphatic carboxylic acids is 2. The lowest BCUT2D eigenvalue weighted by atomic mass is 9.32. The Morgan fingerprint density at radius 2 is 1.52 bits per heavy atom. The van der Waals surface area contributed by atoms with Gasteiger partial charge in [-0.25, -0.2) is 0 Å². The number of hydrogen-bond acceptors (Lipinski definition) is 4. The third kappa shape index (κ3) is 4.33. The van der Waals surface area contributed by atoms with Crippen LogP contribution < -0.4 is 0 Å². The normalized spacial score (nSPS) is 45.1. The van der Waals surface area contributed by atoms with Crippen molar-refractivity contribution in [2.45, 2.75) is 139 Å². The maximum absolute atomic E-state index is 13.5. The lowest BCUT2D eigenvalue weighted by molar-refractivity contribution is -0.251. The predicted octanol–water partition coefficient (Wildman–Crippen LogP) is 8.78. The van der Waals surface area contributed by atoms with Crippen molar-refractivity contribution < 1.29 is 29.3 Å². The number of esters is 1.